The van der Waals surface area contributed by atoms with Gasteiger partial charge in [-0.25, -0.2) is 17.9 Å². The maximum absolute atomic E-state index is 12.3. The van der Waals surface area contributed by atoms with Crippen molar-refractivity contribution in [3.8, 4) is 0 Å². The number of aromatic amines is 1. The van der Waals surface area contributed by atoms with Gasteiger partial charge in [-0.05, 0) is 36.2 Å². The van der Waals surface area contributed by atoms with Gasteiger partial charge in [0.05, 0.1) is 15.9 Å². The van der Waals surface area contributed by atoms with E-state index >= 15 is 0 Å². The van der Waals surface area contributed by atoms with Gasteiger partial charge in [0.1, 0.15) is 0 Å². The normalized spacial score (nSPS) is 11.9. The summed E-state index contributed by atoms with van der Waals surface area (Å²) in [6.45, 7) is 2.41. The van der Waals surface area contributed by atoms with Gasteiger partial charge in [-0.1, -0.05) is 31.2 Å². The van der Waals surface area contributed by atoms with E-state index in [1.165, 1.54) is 4.57 Å². The van der Waals surface area contributed by atoms with E-state index in [1.807, 2.05) is 31.2 Å². The summed E-state index contributed by atoms with van der Waals surface area (Å²) in [6.07, 6.45) is 0.858. The lowest BCUT2D eigenvalue weighted by Gasteiger charge is -2.08. The van der Waals surface area contributed by atoms with Gasteiger partial charge in [0.15, 0.2) is 0 Å². The van der Waals surface area contributed by atoms with Crippen LogP contribution in [0.1, 0.15) is 12.5 Å². The van der Waals surface area contributed by atoms with Gasteiger partial charge in [-0.15, -0.1) is 0 Å². The third-order valence-electron chi connectivity index (χ3n) is 3.95. The minimum atomic E-state index is -3.58. The molecule has 2 N–H and O–H groups in total. The summed E-state index contributed by atoms with van der Waals surface area (Å²) in [5.74, 6) is 0. The molecule has 3 rings (SSSR count). The highest BCUT2D eigenvalue weighted by Gasteiger charge is 2.14. The molecule has 3 aromatic rings. The fourth-order valence-electron chi connectivity index (χ4n) is 2.61. The molecule has 0 aliphatic heterocycles. The fraction of sp³-hybridized carbons (Fsp3) is 0.235. The number of H-pyrrole nitrogens is 1. The molecule has 7 heteroatoms. The lowest BCUT2D eigenvalue weighted by Crippen LogP contribution is -2.30. The Kier molecular flexibility index (Phi) is 4.55. The van der Waals surface area contributed by atoms with Crippen LogP contribution in [0, 0.1) is 0 Å². The second-order valence-electron chi connectivity index (χ2n) is 5.49. The van der Waals surface area contributed by atoms with Gasteiger partial charge >= 0.3 is 5.69 Å². The summed E-state index contributed by atoms with van der Waals surface area (Å²) < 4.78 is 28.7. The molecule has 126 valence electrons. The summed E-state index contributed by atoms with van der Waals surface area (Å²) in [7, 11) is -3.58. The molecular weight excluding hydrogens is 326 g/mol. The number of rotatable bonds is 6. The van der Waals surface area contributed by atoms with Crippen LogP contribution in [0.5, 0.6) is 0 Å². The Morgan fingerprint density at radius 3 is 2.50 bits per heavy atom. The highest BCUT2D eigenvalue weighted by molar-refractivity contribution is 7.89. The van der Waals surface area contributed by atoms with Gasteiger partial charge in [0, 0.05) is 13.1 Å². The number of sulfonamides is 1. The number of fused-ring (bicyclic) bond motifs is 1. The SMILES string of the molecule is CCc1ccc(S(=O)(=O)NCCn2c(=O)[nH]c3ccccc32)cc1. The van der Waals surface area contributed by atoms with Crippen LogP contribution in [0.25, 0.3) is 11.0 Å². The lowest BCUT2D eigenvalue weighted by molar-refractivity contribution is 0.572. The predicted octanol–water partition coefficient (Wildman–Crippen LogP) is 1.87. The molecule has 0 aliphatic carbocycles. The second-order valence-corrected chi connectivity index (χ2v) is 7.26. The van der Waals surface area contributed by atoms with E-state index in [0.717, 1.165) is 23.0 Å². The zero-order valence-corrected chi connectivity index (χ0v) is 14.1. The first-order valence-corrected chi connectivity index (χ1v) is 9.26. The number of nitrogens with zero attached hydrogens (tertiary/aromatic N) is 1. The summed E-state index contributed by atoms with van der Waals surface area (Å²) in [5, 5.41) is 0. The van der Waals surface area contributed by atoms with Crippen LogP contribution in [0.15, 0.2) is 58.2 Å². The third kappa shape index (κ3) is 3.27. The van der Waals surface area contributed by atoms with Crippen LogP contribution < -0.4 is 10.4 Å². The highest BCUT2D eigenvalue weighted by Crippen LogP contribution is 2.11. The van der Waals surface area contributed by atoms with Crippen LogP contribution >= 0.6 is 0 Å². The maximum atomic E-state index is 12.3. The zero-order chi connectivity index (χ0) is 17.2. The Balaban J connectivity index is 1.72. The topological polar surface area (TPSA) is 84.0 Å². The average Bonchev–Trinajstić information content (AvgIpc) is 2.90. The summed E-state index contributed by atoms with van der Waals surface area (Å²) in [5.41, 5.74) is 2.33. The quantitative estimate of drug-likeness (QED) is 0.715. The molecule has 6 nitrogen and oxygen atoms in total. The molecule has 0 fully saturated rings. The maximum Gasteiger partial charge on any atom is 0.326 e. The molecule has 0 saturated carbocycles. The first-order valence-electron chi connectivity index (χ1n) is 7.77. The second kappa shape index (κ2) is 6.62. The van der Waals surface area contributed by atoms with Gasteiger partial charge < -0.3 is 4.98 Å². The van der Waals surface area contributed by atoms with Crippen molar-refractivity contribution in [2.24, 2.45) is 0 Å². The highest BCUT2D eigenvalue weighted by atomic mass is 32.2. The first kappa shape index (κ1) is 16.5. The Bertz CT molecular complexity index is 1000. The van der Waals surface area contributed by atoms with E-state index in [-0.39, 0.29) is 23.7 Å². The van der Waals surface area contributed by atoms with Crippen molar-refractivity contribution in [2.75, 3.05) is 6.54 Å². The molecule has 1 heterocycles. The standard InChI is InChI=1S/C17H19N3O3S/c1-2-13-7-9-14(10-8-13)24(22,23)18-11-12-20-16-6-4-3-5-15(16)19-17(20)21/h3-10,18H,2,11-12H2,1H3,(H,19,21). The monoisotopic (exact) mass is 345 g/mol. The van der Waals surface area contributed by atoms with E-state index in [0.29, 0.717) is 0 Å². The molecule has 0 spiro atoms. The zero-order valence-electron chi connectivity index (χ0n) is 13.3. The van der Waals surface area contributed by atoms with Crippen molar-refractivity contribution in [2.45, 2.75) is 24.8 Å². The molecule has 2 aromatic carbocycles. The first-order chi connectivity index (χ1) is 11.5. The molecular formula is C17H19N3O3S. The Labute approximate surface area is 140 Å². The van der Waals surface area contributed by atoms with Crippen LogP contribution in [-0.2, 0) is 23.0 Å². The van der Waals surface area contributed by atoms with Crippen LogP contribution in [-0.4, -0.2) is 24.5 Å². The number of hydrogen-bond donors (Lipinski definition) is 2. The van der Waals surface area contributed by atoms with E-state index in [2.05, 4.69) is 9.71 Å². The van der Waals surface area contributed by atoms with Crippen LogP contribution in [0.2, 0.25) is 0 Å². The van der Waals surface area contributed by atoms with Crippen molar-refractivity contribution in [3.63, 3.8) is 0 Å². The van der Waals surface area contributed by atoms with Gasteiger partial charge in [-0.2, -0.15) is 0 Å². The van der Waals surface area contributed by atoms with E-state index in [1.54, 1.807) is 24.3 Å². The summed E-state index contributed by atoms with van der Waals surface area (Å²) in [6, 6.07) is 14.1. The molecule has 0 saturated heterocycles. The van der Waals surface area contributed by atoms with Gasteiger partial charge in [0.25, 0.3) is 0 Å². The molecule has 0 atom stereocenters. The smallest absolute Gasteiger partial charge is 0.306 e. The largest absolute Gasteiger partial charge is 0.326 e. The number of imidazole rings is 1. The number of para-hydroxylation sites is 2. The van der Waals surface area contributed by atoms with E-state index < -0.39 is 10.0 Å². The summed E-state index contributed by atoms with van der Waals surface area (Å²) in [4.78, 5) is 14.9. The van der Waals surface area contributed by atoms with Gasteiger partial charge in [-0.3, -0.25) is 4.57 Å². The van der Waals surface area contributed by atoms with Crippen molar-refractivity contribution in [3.05, 3.63) is 64.6 Å². The molecule has 0 unspecified atom stereocenters. The van der Waals surface area contributed by atoms with E-state index in [9.17, 15) is 13.2 Å². The average molecular weight is 345 g/mol. The number of nitrogens with one attached hydrogen (secondary N) is 2. The van der Waals surface area contributed by atoms with Crippen molar-refractivity contribution < 1.29 is 8.42 Å². The van der Waals surface area contributed by atoms with Gasteiger partial charge in [0.2, 0.25) is 10.0 Å². The van der Waals surface area contributed by atoms with Crippen molar-refractivity contribution >= 4 is 21.1 Å². The number of benzene rings is 2. The predicted molar refractivity (Wildman–Crippen MR) is 93.6 cm³/mol. The molecule has 24 heavy (non-hydrogen) atoms. The lowest BCUT2D eigenvalue weighted by atomic mass is 10.2. The third-order valence-corrected chi connectivity index (χ3v) is 5.43. The number of aryl methyl sites for hydroxylation is 1. The van der Waals surface area contributed by atoms with Crippen molar-refractivity contribution in [1.82, 2.24) is 14.3 Å². The van der Waals surface area contributed by atoms with Crippen molar-refractivity contribution in [1.29, 1.82) is 0 Å². The minimum Gasteiger partial charge on any atom is -0.306 e. The molecule has 0 bridgehead atoms. The van der Waals surface area contributed by atoms with Crippen LogP contribution in [0.3, 0.4) is 0 Å². The van der Waals surface area contributed by atoms with E-state index in [4.69, 9.17) is 0 Å². The minimum absolute atomic E-state index is 0.139. The Morgan fingerprint density at radius 2 is 1.79 bits per heavy atom. The number of aromatic nitrogens is 2. The molecule has 0 radical (unpaired) electrons. The molecule has 0 aliphatic rings. The summed E-state index contributed by atoms with van der Waals surface area (Å²) >= 11 is 0. The molecule has 0 amide bonds. The fourth-order valence-corrected chi connectivity index (χ4v) is 3.63. The van der Waals surface area contributed by atoms with Crippen LogP contribution in [0.4, 0.5) is 0 Å². The number of hydrogen-bond acceptors (Lipinski definition) is 3. The Morgan fingerprint density at radius 1 is 1.08 bits per heavy atom. The molecule has 1 aromatic heterocycles. The Hall–Kier alpha value is -2.38.